The number of aryl methyl sites for hydroxylation is 1. The third kappa shape index (κ3) is 5.54. The summed E-state index contributed by atoms with van der Waals surface area (Å²) in [7, 11) is 1.76. The van der Waals surface area contributed by atoms with Crippen LogP contribution in [-0.4, -0.2) is 52.9 Å². The number of nitrogens with zero attached hydrogens (tertiary/aromatic N) is 3. The molecule has 1 saturated heterocycles. The van der Waals surface area contributed by atoms with Crippen LogP contribution in [0.3, 0.4) is 0 Å². The van der Waals surface area contributed by atoms with Crippen LogP contribution in [0.2, 0.25) is 0 Å². The summed E-state index contributed by atoms with van der Waals surface area (Å²) < 4.78 is 45.8. The van der Waals surface area contributed by atoms with Crippen LogP contribution in [0.15, 0.2) is 36.7 Å². The summed E-state index contributed by atoms with van der Waals surface area (Å²) in [5, 5.41) is 6.76. The zero-order valence-corrected chi connectivity index (χ0v) is 14.9. The monoisotopic (exact) mass is 382 g/mol. The Morgan fingerprint density at radius 1 is 1.41 bits per heavy atom. The first-order chi connectivity index (χ1) is 12.8. The molecule has 1 aliphatic heterocycles. The van der Waals surface area contributed by atoms with E-state index >= 15 is 0 Å². The molecular weight excluding hydrogens is 361 g/mol. The molecular formula is C18H21F3N4O2. The highest BCUT2D eigenvalue weighted by atomic mass is 19.4. The van der Waals surface area contributed by atoms with Gasteiger partial charge in [0.2, 0.25) is 5.91 Å². The highest BCUT2D eigenvalue weighted by Gasteiger charge is 2.31. The van der Waals surface area contributed by atoms with Crippen LogP contribution < -0.4 is 5.32 Å². The van der Waals surface area contributed by atoms with Crippen molar-refractivity contribution in [3.63, 3.8) is 0 Å². The van der Waals surface area contributed by atoms with Crippen molar-refractivity contribution in [3.8, 4) is 0 Å². The number of halogens is 3. The van der Waals surface area contributed by atoms with E-state index in [9.17, 15) is 18.0 Å². The van der Waals surface area contributed by atoms with Crippen LogP contribution in [0, 0.1) is 0 Å². The number of rotatable bonds is 5. The van der Waals surface area contributed by atoms with E-state index in [-0.39, 0.29) is 18.6 Å². The normalized spacial score (nSPS) is 18.4. The van der Waals surface area contributed by atoms with Gasteiger partial charge in [-0.25, -0.2) is 0 Å². The fourth-order valence-corrected chi connectivity index (χ4v) is 3.07. The van der Waals surface area contributed by atoms with E-state index in [4.69, 9.17) is 4.74 Å². The number of hydrogen-bond donors (Lipinski definition) is 1. The lowest BCUT2D eigenvalue weighted by atomic mass is 10.0. The SMILES string of the molecule is Cn1cc(NC(=O)CN2CCOC(Cc3cccc(C(F)(F)F)c3)C2)cn1. The van der Waals surface area contributed by atoms with Crippen molar-refractivity contribution in [3.05, 3.63) is 47.8 Å². The van der Waals surface area contributed by atoms with Gasteiger partial charge in [-0.2, -0.15) is 18.3 Å². The molecule has 0 saturated carbocycles. The molecule has 2 heterocycles. The maximum atomic E-state index is 12.8. The van der Waals surface area contributed by atoms with Gasteiger partial charge in [0.05, 0.1) is 36.7 Å². The molecule has 146 valence electrons. The number of aromatic nitrogens is 2. The highest BCUT2D eigenvalue weighted by Crippen LogP contribution is 2.30. The maximum absolute atomic E-state index is 12.8. The minimum Gasteiger partial charge on any atom is -0.375 e. The van der Waals surface area contributed by atoms with Gasteiger partial charge in [0.15, 0.2) is 0 Å². The molecule has 9 heteroatoms. The van der Waals surface area contributed by atoms with Crippen molar-refractivity contribution >= 4 is 11.6 Å². The van der Waals surface area contributed by atoms with E-state index in [2.05, 4.69) is 10.4 Å². The minimum absolute atomic E-state index is 0.164. The van der Waals surface area contributed by atoms with Crippen molar-refractivity contribution in [2.45, 2.75) is 18.7 Å². The highest BCUT2D eigenvalue weighted by molar-refractivity contribution is 5.91. The van der Waals surface area contributed by atoms with Crippen molar-refractivity contribution in [1.29, 1.82) is 0 Å². The number of carbonyl (C=O) groups is 1. The molecule has 3 rings (SSSR count). The summed E-state index contributed by atoms with van der Waals surface area (Å²) in [6.07, 6.45) is -0.986. The lowest BCUT2D eigenvalue weighted by Crippen LogP contribution is -2.46. The number of morpholine rings is 1. The first-order valence-corrected chi connectivity index (χ1v) is 8.58. The molecule has 1 aromatic carbocycles. The largest absolute Gasteiger partial charge is 0.416 e. The van der Waals surface area contributed by atoms with E-state index < -0.39 is 11.7 Å². The Bertz CT molecular complexity index is 791. The van der Waals surface area contributed by atoms with Gasteiger partial charge in [0, 0.05) is 26.3 Å². The Labute approximate surface area is 154 Å². The standard InChI is InChI=1S/C18H21F3N4O2/c1-24-10-15(9-22-24)23-17(26)12-25-5-6-27-16(11-25)8-13-3-2-4-14(7-13)18(19,20)21/h2-4,7,9-10,16H,5-6,8,11-12H2,1H3,(H,23,26). The average Bonchev–Trinajstić information content (AvgIpc) is 2.99. The van der Waals surface area contributed by atoms with Gasteiger partial charge in [-0.1, -0.05) is 18.2 Å². The molecule has 1 unspecified atom stereocenters. The van der Waals surface area contributed by atoms with Gasteiger partial charge in [-0.15, -0.1) is 0 Å². The second-order valence-corrected chi connectivity index (χ2v) is 6.58. The number of amides is 1. The fraction of sp³-hybridized carbons (Fsp3) is 0.444. The van der Waals surface area contributed by atoms with Crippen LogP contribution in [0.1, 0.15) is 11.1 Å². The number of hydrogen-bond acceptors (Lipinski definition) is 4. The quantitative estimate of drug-likeness (QED) is 0.862. The molecule has 0 spiro atoms. The number of benzene rings is 1. The summed E-state index contributed by atoms with van der Waals surface area (Å²) in [6.45, 7) is 1.71. The molecule has 1 N–H and O–H groups in total. The fourth-order valence-electron chi connectivity index (χ4n) is 3.07. The van der Waals surface area contributed by atoms with Gasteiger partial charge in [-0.3, -0.25) is 14.4 Å². The minimum atomic E-state index is -4.36. The van der Waals surface area contributed by atoms with Gasteiger partial charge >= 0.3 is 6.18 Å². The molecule has 6 nitrogen and oxygen atoms in total. The Kier molecular flexibility index (Phi) is 5.81. The maximum Gasteiger partial charge on any atom is 0.416 e. The Balaban J connectivity index is 1.54. The van der Waals surface area contributed by atoms with Crippen LogP contribution >= 0.6 is 0 Å². The molecule has 1 aromatic heterocycles. The van der Waals surface area contributed by atoms with Crippen LogP contribution in [0.4, 0.5) is 18.9 Å². The lowest BCUT2D eigenvalue weighted by molar-refractivity contribution is -0.137. The van der Waals surface area contributed by atoms with E-state index in [1.165, 1.54) is 6.07 Å². The Hall–Kier alpha value is -2.39. The number of nitrogens with one attached hydrogen (secondary N) is 1. The third-order valence-corrected chi connectivity index (χ3v) is 4.30. The van der Waals surface area contributed by atoms with Gasteiger partial charge in [0.1, 0.15) is 0 Å². The van der Waals surface area contributed by atoms with E-state index in [1.807, 2.05) is 4.90 Å². The molecule has 0 bridgehead atoms. The predicted molar refractivity (Wildman–Crippen MR) is 93.2 cm³/mol. The summed E-state index contributed by atoms with van der Waals surface area (Å²) >= 11 is 0. The van der Waals surface area contributed by atoms with Crippen LogP contribution in [0.5, 0.6) is 0 Å². The topological polar surface area (TPSA) is 59.4 Å². The summed E-state index contributed by atoms with van der Waals surface area (Å²) in [5.74, 6) is -0.164. The van der Waals surface area contributed by atoms with Gasteiger partial charge in [-0.05, 0) is 18.1 Å². The summed E-state index contributed by atoms with van der Waals surface area (Å²) in [6, 6.07) is 5.27. The van der Waals surface area contributed by atoms with Crippen molar-refractivity contribution in [2.24, 2.45) is 7.05 Å². The van der Waals surface area contributed by atoms with Crippen LogP contribution in [0.25, 0.3) is 0 Å². The van der Waals surface area contributed by atoms with Gasteiger partial charge in [0.25, 0.3) is 0 Å². The van der Waals surface area contributed by atoms with E-state index in [1.54, 1.807) is 30.2 Å². The van der Waals surface area contributed by atoms with E-state index in [0.29, 0.717) is 37.4 Å². The van der Waals surface area contributed by atoms with Crippen molar-refractivity contribution in [2.75, 3.05) is 31.6 Å². The summed E-state index contributed by atoms with van der Waals surface area (Å²) in [5.41, 5.74) is 0.524. The molecule has 1 fully saturated rings. The zero-order valence-electron chi connectivity index (χ0n) is 14.9. The second-order valence-electron chi connectivity index (χ2n) is 6.58. The average molecular weight is 382 g/mol. The Morgan fingerprint density at radius 2 is 2.22 bits per heavy atom. The van der Waals surface area contributed by atoms with Crippen molar-refractivity contribution < 1.29 is 22.7 Å². The number of anilines is 1. The molecule has 0 radical (unpaired) electrons. The zero-order chi connectivity index (χ0) is 19.4. The number of carbonyl (C=O) groups excluding carboxylic acids is 1. The lowest BCUT2D eigenvalue weighted by Gasteiger charge is -2.32. The molecule has 1 aliphatic rings. The first kappa shape index (κ1) is 19.4. The molecule has 27 heavy (non-hydrogen) atoms. The van der Waals surface area contributed by atoms with E-state index in [0.717, 1.165) is 12.1 Å². The van der Waals surface area contributed by atoms with Gasteiger partial charge < -0.3 is 10.1 Å². The number of alkyl halides is 3. The smallest absolute Gasteiger partial charge is 0.375 e. The molecule has 2 aromatic rings. The third-order valence-electron chi connectivity index (χ3n) is 4.30. The Morgan fingerprint density at radius 3 is 2.93 bits per heavy atom. The molecule has 1 atom stereocenters. The first-order valence-electron chi connectivity index (χ1n) is 8.58. The predicted octanol–water partition coefficient (Wildman–Crippen LogP) is 2.32. The van der Waals surface area contributed by atoms with Crippen LogP contribution in [-0.2, 0) is 29.2 Å². The number of ether oxygens (including phenoxy) is 1. The molecule has 0 aliphatic carbocycles. The molecule has 1 amide bonds. The van der Waals surface area contributed by atoms with Crippen molar-refractivity contribution in [1.82, 2.24) is 14.7 Å². The second kappa shape index (κ2) is 8.10. The summed E-state index contributed by atoms with van der Waals surface area (Å²) in [4.78, 5) is 14.1.